The van der Waals surface area contributed by atoms with Gasteiger partial charge in [0, 0.05) is 75.9 Å². The Morgan fingerprint density at radius 1 is 0.488 bits per heavy atom. The van der Waals surface area contributed by atoms with E-state index < -0.39 is 13.9 Å². The molecule has 0 spiro atoms. The third-order valence-corrected chi connectivity index (χ3v) is 12.1. The van der Waals surface area contributed by atoms with Gasteiger partial charge in [-0.1, -0.05) is 112 Å². The Labute approximate surface area is 547 Å². The molecule has 4 N–H and O–H groups in total. The molecule has 0 unspecified atom stereocenters. The second-order valence-electron chi connectivity index (χ2n) is 18.7. The van der Waals surface area contributed by atoms with Gasteiger partial charge in [-0.25, -0.2) is 24.1 Å². The van der Waals surface area contributed by atoms with Crippen molar-refractivity contribution in [2.75, 3.05) is 139 Å². The van der Waals surface area contributed by atoms with E-state index in [0.717, 1.165) is 39.3 Å². The minimum Gasteiger partial charge on any atom is -0.461 e. The number of nitrogens with one attached hydrogen (secondary N) is 2. The number of nitrogens with zero attached hydrogens (tertiary/aromatic N) is 2. The van der Waals surface area contributed by atoms with E-state index in [1.54, 1.807) is 69.6 Å². The predicted molar refractivity (Wildman–Crippen MR) is 353 cm³/mol. The van der Waals surface area contributed by atoms with Gasteiger partial charge in [0.1, 0.15) is 24.1 Å². The highest BCUT2D eigenvalue weighted by molar-refractivity contribution is 9.20. The smallest absolute Gasteiger partial charge is 0.333 e. The lowest BCUT2D eigenvalue weighted by atomic mass is 10.2. The average molecular weight is 1470 g/mol. The molecule has 84 heavy (non-hydrogen) atoms. The van der Waals surface area contributed by atoms with Gasteiger partial charge < -0.3 is 53.0 Å². The van der Waals surface area contributed by atoms with Crippen molar-refractivity contribution in [1.29, 1.82) is 0 Å². The summed E-state index contributed by atoms with van der Waals surface area (Å²) in [5.74, 6) is -1.39. The molecule has 500 valence electrons. The van der Waals surface area contributed by atoms with Crippen LogP contribution in [0.15, 0.2) is 48.6 Å². The highest BCUT2D eigenvalue weighted by Crippen LogP contribution is 2.19. The number of carbonyl (C=O) groups is 6. The van der Waals surface area contributed by atoms with Gasteiger partial charge in [-0.05, 0) is 165 Å². The molecule has 0 aliphatic heterocycles. The van der Waals surface area contributed by atoms with Crippen LogP contribution < -0.4 is 9.67 Å². The quantitative estimate of drug-likeness (QED) is 0.00651. The van der Waals surface area contributed by atoms with E-state index in [4.69, 9.17) is 73.8 Å². The van der Waals surface area contributed by atoms with E-state index in [0.29, 0.717) is 88.1 Å². The molecule has 0 bridgehead atoms. The number of alkyl halides is 2. The van der Waals surface area contributed by atoms with Crippen LogP contribution in [0.2, 0.25) is 0 Å². The summed E-state index contributed by atoms with van der Waals surface area (Å²) >= 11 is 24.2. The SMILES string of the molecule is C=C(C)C(=O)Cl.C=C(C)C(=O)OCCN(CCCC)CCCC.C=C(C)C(=O)OCCNCl.C=C(C)C(=O)OCCNCl.CC(C)(Br)C(=O)Br.CCCCN(CCO)CCCC.COCCOCCCO.COCCOCOC(=O)C(C)(C)Br. The molecule has 0 aromatic carbocycles. The first kappa shape index (κ1) is 98.3. The zero-order valence-corrected chi connectivity index (χ0v) is 60.4. The predicted octanol–water partition coefficient (Wildman–Crippen LogP) is 11.4. The van der Waals surface area contributed by atoms with Crippen molar-refractivity contribution < 1.29 is 76.9 Å². The molecule has 0 rings (SSSR count). The van der Waals surface area contributed by atoms with Crippen LogP contribution in [0.1, 0.15) is 141 Å². The molecule has 0 aliphatic rings. The molecule has 0 radical (unpaired) electrons. The van der Waals surface area contributed by atoms with Gasteiger partial charge in [-0.2, -0.15) is 0 Å². The number of methoxy groups -OCH3 is 2. The number of hydrogen-bond donors (Lipinski definition) is 4. The molecule has 0 saturated carbocycles. The molecular weight excluding hydrogens is 1350 g/mol. The Morgan fingerprint density at radius 2 is 0.821 bits per heavy atom. The monoisotopic (exact) mass is 1460 g/mol. The van der Waals surface area contributed by atoms with Crippen LogP contribution in [0.4, 0.5) is 0 Å². The standard InChI is InChI=1S/C14H27NO2.C10H23NO.C8H15BrO4.2C6H10ClNO2.C6H14O3.C4H6Br2O.C4H5ClO/c1-5-7-9-15(10-8-6-2)11-12-17-14(16)13(3)4;1-3-5-7-11(9-10-12)8-6-4-2;1-8(2,9)7(10)13-6-12-5-4-11-3;2*1-5(2)6(9)10-4-3-8-7;1-8-5-6-9-4-2-3-7;1-4(2,6)3(5)7;1-3(2)4(5)6/h3,5-12H2,1-2,4H3;12H,3-10H2,1-2H3;4-6H2,1-3H3;2*8H,1,3-4H2,2H3;7H,2-6H2,1H3;1-2H3;1H2,2H3. The lowest BCUT2D eigenvalue weighted by Gasteiger charge is -2.21. The minimum atomic E-state index is -0.655. The molecule has 0 aromatic rings. The number of hydrogen-bond acceptors (Lipinski definition) is 20. The fourth-order valence-corrected chi connectivity index (χ4v) is 4.49. The molecule has 0 atom stereocenters. The second-order valence-corrected chi connectivity index (χ2v) is 24.3. The van der Waals surface area contributed by atoms with Crippen LogP contribution in [-0.4, -0.2) is 202 Å². The van der Waals surface area contributed by atoms with Crippen molar-refractivity contribution in [3.63, 3.8) is 0 Å². The molecule has 26 heteroatoms. The third-order valence-electron chi connectivity index (χ3n) is 9.15. The summed E-state index contributed by atoms with van der Waals surface area (Å²) in [4.78, 5) is 73.1. The first-order valence-corrected chi connectivity index (χ1v) is 31.4. The number of halogens is 6. The Hall–Kier alpha value is -1.91. The number of esters is 4. The number of aliphatic hydroxyl groups excluding tert-OH is 2. The van der Waals surface area contributed by atoms with Gasteiger partial charge >= 0.3 is 23.9 Å². The van der Waals surface area contributed by atoms with Crippen LogP contribution in [0.25, 0.3) is 0 Å². The highest BCUT2D eigenvalue weighted by atomic mass is 79.9. The van der Waals surface area contributed by atoms with Gasteiger partial charge in [0.2, 0.25) is 9.93 Å². The zero-order valence-electron chi connectivity index (χ0n) is 53.4. The second kappa shape index (κ2) is 73.6. The molecule has 0 aliphatic carbocycles. The van der Waals surface area contributed by atoms with Crippen molar-refractivity contribution >= 4 is 117 Å². The van der Waals surface area contributed by atoms with E-state index in [1.165, 1.54) is 51.4 Å². The Kier molecular flexibility index (Phi) is 86.1. The molecule has 0 fully saturated rings. The number of unbranched alkanes of at least 4 members (excludes halogenated alkanes) is 4. The van der Waals surface area contributed by atoms with Crippen molar-refractivity contribution in [1.82, 2.24) is 19.5 Å². The molecular formula is C58H110Br3Cl3N4O16. The number of rotatable bonds is 40. The molecule has 0 amide bonds. The van der Waals surface area contributed by atoms with E-state index in [-0.39, 0.29) is 55.2 Å². The van der Waals surface area contributed by atoms with Gasteiger partial charge in [-0.3, -0.25) is 19.3 Å². The van der Waals surface area contributed by atoms with Crippen LogP contribution in [0, 0.1) is 0 Å². The Bertz CT molecular complexity index is 1580. The summed E-state index contributed by atoms with van der Waals surface area (Å²) in [5.41, 5.74) is 1.65. The van der Waals surface area contributed by atoms with Crippen LogP contribution in [0.5, 0.6) is 0 Å². The van der Waals surface area contributed by atoms with Gasteiger partial charge in [-0.15, -0.1) is 0 Å². The summed E-state index contributed by atoms with van der Waals surface area (Å²) < 4.78 is 37.6. The number of ether oxygens (including phenoxy) is 8. The highest BCUT2D eigenvalue weighted by Gasteiger charge is 2.25. The summed E-state index contributed by atoms with van der Waals surface area (Å²) in [5, 5.41) is 16.6. The maximum absolute atomic E-state index is 11.2. The first-order chi connectivity index (χ1) is 39.3. The average Bonchev–Trinajstić information content (AvgIpc) is 3.44. The van der Waals surface area contributed by atoms with Crippen molar-refractivity contribution in [3.8, 4) is 0 Å². The van der Waals surface area contributed by atoms with Crippen LogP contribution in [-0.2, 0) is 66.7 Å². The number of carbonyl (C=O) groups excluding carboxylic acids is 6. The molecule has 20 nitrogen and oxygen atoms in total. The van der Waals surface area contributed by atoms with E-state index >= 15 is 0 Å². The first-order valence-electron chi connectivity index (χ1n) is 27.9. The number of allylic oxidation sites excluding steroid dienone is 1. The molecule has 0 aromatic heterocycles. The Morgan fingerprint density at radius 3 is 1.08 bits per heavy atom. The van der Waals surface area contributed by atoms with Gasteiger partial charge in [0.05, 0.1) is 37.4 Å². The fraction of sp³-hybridized carbons (Fsp3) is 0.759. The zero-order chi connectivity index (χ0) is 66.8. The third kappa shape index (κ3) is 91.3. The van der Waals surface area contributed by atoms with Crippen molar-refractivity contribution in [3.05, 3.63) is 48.6 Å². The van der Waals surface area contributed by atoms with Crippen molar-refractivity contribution in [2.24, 2.45) is 0 Å². The largest absolute Gasteiger partial charge is 0.461 e. The van der Waals surface area contributed by atoms with Crippen molar-refractivity contribution in [2.45, 2.75) is 150 Å². The molecule has 0 heterocycles. The Balaban J connectivity index is -0.000000133. The summed E-state index contributed by atoms with van der Waals surface area (Å²) in [6.07, 6.45) is 10.5. The lowest BCUT2D eigenvalue weighted by Crippen LogP contribution is -2.30. The summed E-state index contributed by atoms with van der Waals surface area (Å²) in [7, 11) is 3.21. The minimum absolute atomic E-state index is 0.0278. The lowest BCUT2D eigenvalue weighted by molar-refractivity contribution is -0.159. The van der Waals surface area contributed by atoms with Gasteiger partial charge in [0.25, 0.3) is 0 Å². The van der Waals surface area contributed by atoms with E-state index in [1.807, 2.05) is 0 Å². The van der Waals surface area contributed by atoms with Crippen LogP contribution in [0.3, 0.4) is 0 Å². The fourth-order valence-electron chi connectivity index (χ4n) is 4.22. The number of aliphatic hydroxyl groups is 2. The summed E-state index contributed by atoms with van der Waals surface area (Å²) in [6, 6.07) is 0. The topological polar surface area (TPSA) is 247 Å². The van der Waals surface area contributed by atoms with Crippen LogP contribution >= 0.6 is 82.9 Å². The normalized spacial score (nSPS) is 10.2. The maximum atomic E-state index is 11.2. The maximum Gasteiger partial charge on any atom is 0.333 e. The molecule has 0 saturated heterocycles. The van der Waals surface area contributed by atoms with Gasteiger partial charge in [0.15, 0.2) is 6.79 Å². The van der Waals surface area contributed by atoms with E-state index in [9.17, 15) is 28.8 Å². The van der Waals surface area contributed by atoms with E-state index in [2.05, 4.69) is 131 Å². The summed E-state index contributed by atoms with van der Waals surface area (Å²) in [6.45, 7) is 47.2.